The van der Waals surface area contributed by atoms with Gasteiger partial charge < -0.3 is 18.8 Å². The van der Waals surface area contributed by atoms with E-state index in [0.717, 1.165) is 49.5 Å². The van der Waals surface area contributed by atoms with Crippen molar-refractivity contribution in [1.82, 2.24) is 0 Å². The number of morpholine rings is 1. The van der Waals surface area contributed by atoms with Crippen LogP contribution in [0.3, 0.4) is 0 Å². The fourth-order valence-electron chi connectivity index (χ4n) is 3.22. The van der Waals surface area contributed by atoms with Gasteiger partial charge in [0.2, 0.25) is 0 Å². The summed E-state index contributed by atoms with van der Waals surface area (Å²) >= 11 is 0. The number of benzene rings is 2. The van der Waals surface area contributed by atoms with Gasteiger partial charge in [-0.1, -0.05) is 30.3 Å². The Hall–Kier alpha value is -2.63. The molecule has 2 aromatic carbocycles. The number of quaternary nitrogens is 1. The number of fused-ring (bicyclic) bond motifs is 1. The normalized spacial score (nSPS) is 15.2. The van der Waals surface area contributed by atoms with Crippen LogP contribution in [0.1, 0.15) is 0 Å². The summed E-state index contributed by atoms with van der Waals surface area (Å²) in [6.45, 7) is 5.27. The van der Waals surface area contributed by atoms with Crippen molar-refractivity contribution < 1.29 is 18.8 Å². The van der Waals surface area contributed by atoms with E-state index in [9.17, 15) is 4.79 Å². The molecule has 0 amide bonds. The number of nitrogens with one attached hydrogen (secondary N) is 1. The van der Waals surface area contributed by atoms with Gasteiger partial charge in [-0.3, -0.25) is 0 Å². The van der Waals surface area contributed by atoms with Crippen molar-refractivity contribution in [3.63, 3.8) is 0 Å². The van der Waals surface area contributed by atoms with Crippen molar-refractivity contribution >= 4 is 11.0 Å². The van der Waals surface area contributed by atoms with Gasteiger partial charge >= 0.3 is 5.63 Å². The highest BCUT2D eigenvalue weighted by atomic mass is 16.5. The molecule has 1 aliphatic rings. The van der Waals surface area contributed by atoms with Crippen LogP contribution in [0.4, 0.5) is 0 Å². The lowest BCUT2D eigenvalue weighted by atomic mass is 10.1. The van der Waals surface area contributed by atoms with E-state index in [1.807, 2.05) is 48.5 Å². The summed E-state index contributed by atoms with van der Waals surface area (Å²) in [5.41, 5.74) is 1.64. The Morgan fingerprint density at radius 1 is 1.00 bits per heavy atom. The average molecular weight is 352 g/mol. The Balaban J connectivity index is 1.49. The highest BCUT2D eigenvalue weighted by Crippen LogP contribution is 2.24. The predicted molar refractivity (Wildman–Crippen MR) is 99.8 cm³/mol. The minimum absolute atomic E-state index is 0.335. The Kier molecular flexibility index (Phi) is 5.00. The molecule has 1 fully saturated rings. The molecule has 0 bridgehead atoms. The Morgan fingerprint density at radius 3 is 2.62 bits per heavy atom. The predicted octanol–water partition coefficient (Wildman–Crippen LogP) is 1.75. The highest BCUT2D eigenvalue weighted by molar-refractivity contribution is 5.82. The smallest absolute Gasteiger partial charge is 0.344 e. The lowest BCUT2D eigenvalue weighted by Gasteiger charge is -2.23. The molecule has 134 valence electrons. The molecule has 0 aliphatic carbocycles. The molecule has 26 heavy (non-hydrogen) atoms. The molecule has 4 rings (SSSR count). The van der Waals surface area contributed by atoms with E-state index in [-0.39, 0.29) is 5.63 Å². The van der Waals surface area contributed by atoms with E-state index < -0.39 is 0 Å². The molecule has 0 saturated carbocycles. The minimum atomic E-state index is -0.335. The second kappa shape index (κ2) is 7.72. The highest BCUT2D eigenvalue weighted by Gasteiger charge is 2.13. The summed E-state index contributed by atoms with van der Waals surface area (Å²) in [6, 6.07) is 17.1. The van der Waals surface area contributed by atoms with Crippen molar-refractivity contribution in [2.75, 3.05) is 39.5 Å². The number of hydrogen-bond acceptors (Lipinski definition) is 4. The van der Waals surface area contributed by atoms with Gasteiger partial charge in [0.15, 0.2) is 0 Å². The van der Waals surface area contributed by atoms with Crippen LogP contribution in [0.5, 0.6) is 5.75 Å². The summed E-state index contributed by atoms with van der Waals surface area (Å²) in [4.78, 5) is 13.8. The minimum Gasteiger partial charge on any atom is -0.488 e. The molecule has 0 atom stereocenters. The maximum Gasteiger partial charge on any atom is 0.344 e. The first-order chi connectivity index (χ1) is 12.8. The quantitative estimate of drug-likeness (QED) is 0.711. The molecule has 0 spiro atoms. The van der Waals surface area contributed by atoms with Gasteiger partial charge in [-0.2, -0.15) is 0 Å². The molecule has 3 aromatic rings. The lowest BCUT2D eigenvalue weighted by molar-refractivity contribution is -0.908. The van der Waals surface area contributed by atoms with E-state index in [1.165, 1.54) is 4.90 Å². The zero-order valence-corrected chi connectivity index (χ0v) is 14.6. The third-order valence-electron chi connectivity index (χ3n) is 4.72. The van der Waals surface area contributed by atoms with Gasteiger partial charge in [0, 0.05) is 11.5 Å². The van der Waals surface area contributed by atoms with Crippen LogP contribution >= 0.6 is 0 Å². The fourth-order valence-corrected chi connectivity index (χ4v) is 3.22. The van der Waals surface area contributed by atoms with Gasteiger partial charge in [-0.05, 0) is 23.8 Å². The number of hydrogen-bond donors (Lipinski definition) is 1. The maximum atomic E-state index is 12.3. The van der Waals surface area contributed by atoms with Crippen molar-refractivity contribution in [1.29, 1.82) is 0 Å². The number of rotatable bonds is 5. The first-order valence-corrected chi connectivity index (χ1v) is 8.97. The first-order valence-electron chi connectivity index (χ1n) is 8.97. The summed E-state index contributed by atoms with van der Waals surface area (Å²) in [5.74, 6) is 0.723. The Morgan fingerprint density at radius 2 is 1.81 bits per heavy atom. The maximum absolute atomic E-state index is 12.3. The van der Waals surface area contributed by atoms with Crippen molar-refractivity contribution in [2.45, 2.75) is 0 Å². The topological polar surface area (TPSA) is 53.1 Å². The third-order valence-corrected chi connectivity index (χ3v) is 4.72. The average Bonchev–Trinajstić information content (AvgIpc) is 2.69. The van der Waals surface area contributed by atoms with Gasteiger partial charge in [0.05, 0.1) is 18.8 Å². The van der Waals surface area contributed by atoms with E-state index >= 15 is 0 Å². The van der Waals surface area contributed by atoms with Crippen molar-refractivity contribution in [3.05, 3.63) is 65.0 Å². The zero-order chi connectivity index (χ0) is 17.8. The van der Waals surface area contributed by atoms with Crippen LogP contribution < -0.4 is 15.3 Å². The molecule has 0 unspecified atom stereocenters. The Labute approximate surface area is 151 Å². The zero-order valence-electron chi connectivity index (χ0n) is 14.6. The van der Waals surface area contributed by atoms with Crippen LogP contribution in [-0.4, -0.2) is 39.5 Å². The van der Waals surface area contributed by atoms with Crippen molar-refractivity contribution in [2.24, 2.45) is 0 Å². The van der Waals surface area contributed by atoms with E-state index in [2.05, 4.69) is 0 Å². The SMILES string of the molecule is O=c1oc2cc(OCC[NH+]3CCOCC3)ccc2cc1-c1ccccc1. The molecule has 5 nitrogen and oxygen atoms in total. The summed E-state index contributed by atoms with van der Waals surface area (Å²) in [6.07, 6.45) is 0. The molecular weight excluding hydrogens is 330 g/mol. The third kappa shape index (κ3) is 3.79. The van der Waals surface area contributed by atoms with E-state index in [4.69, 9.17) is 13.9 Å². The van der Waals surface area contributed by atoms with Gasteiger partial charge in [0.1, 0.15) is 37.6 Å². The Bertz CT molecular complexity index is 930. The van der Waals surface area contributed by atoms with Gasteiger partial charge in [0.25, 0.3) is 0 Å². The van der Waals surface area contributed by atoms with E-state index in [0.29, 0.717) is 17.8 Å². The van der Waals surface area contributed by atoms with Crippen LogP contribution in [0.2, 0.25) is 0 Å². The van der Waals surface area contributed by atoms with Crippen LogP contribution in [0.15, 0.2) is 63.8 Å². The van der Waals surface area contributed by atoms with E-state index in [1.54, 1.807) is 6.07 Å². The largest absolute Gasteiger partial charge is 0.488 e. The molecule has 1 N–H and O–H groups in total. The van der Waals surface area contributed by atoms with Gasteiger partial charge in [-0.15, -0.1) is 0 Å². The van der Waals surface area contributed by atoms with Crippen molar-refractivity contribution in [3.8, 4) is 16.9 Å². The van der Waals surface area contributed by atoms with Crippen LogP contribution in [0.25, 0.3) is 22.1 Å². The summed E-state index contributed by atoms with van der Waals surface area (Å²) in [7, 11) is 0. The first kappa shape index (κ1) is 16.8. The molecule has 1 aromatic heterocycles. The monoisotopic (exact) mass is 352 g/mol. The van der Waals surface area contributed by atoms with Gasteiger partial charge in [-0.25, -0.2) is 4.79 Å². The molecule has 1 aliphatic heterocycles. The molecule has 0 radical (unpaired) electrons. The number of ether oxygens (including phenoxy) is 2. The molecule has 2 heterocycles. The summed E-state index contributed by atoms with van der Waals surface area (Å²) < 4.78 is 16.7. The fraction of sp³-hybridized carbons (Fsp3) is 0.286. The second-order valence-corrected chi connectivity index (χ2v) is 6.47. The van der Waals surface area contributed by atoms with Crippen LogP contribution in [0, 0.1) is 0 Å². The summed E-state index contributed by atoms with van der Waals surface area (Å²) in [5, 5.41) is 0.884. The lowest BCUT2D eigenvalue weighted by Crippen LogP contribution is -3.14. The molecule has 1 saturated heterocycles. The molecular formula is C21H22NO4+. The molecule has 5 heteroatoms. The van der Waals surface area contributed by atoms with Crippen LogP contribution in [-0.2, 0) is 4.74 Å². The standard InChI is InChI=1S/C21H21NO4/c23-21-19(16-4-2-1-3-5-16)14-17-6-7-18(15-20(17)26-21)25-13-10-22-8-11-24-12-9-22/h1-7,14-15H,8-13H2/p+1. The second-order valence-electron chi connectivity index (χ2n) is 6.47.